The summed E-state index contributed by atoms with van der Waals surface area (Å²) >= 11 is 0. The number of carboxylic acids is 1. The van der Waals surface area contributed by atoms with E-state index in [2.05, 4.69) is 0 Å². The Hall–Kier alpha value is -2.89. The Labute approximate surface area is 144 Å². The zero-order chi connectivity index (χ0) is 18.2. The van der Waals surface area contributed by atoms with Crippen LogP contribution in [0.15, 0.2) is 42.5 Å². The SMILES string of the molecule is COc1ccc2c(c1)CC(C)(CC(=O)O)N2C(=O)c1ccc(F)cc1. The van der Waals surface area contributed by atoms with E-state index in [4.69, 9.17) is 4.74 Å². The Morgan fingerprint density at radius 2 is 1.92 bits per heavy atom. The number of methoxy groups -OCH3 is 1. The van der Waals surface area contributed by atoms with Crippen LogP contribution in [0.3, 0.4) is 0 Å². The Balaban J connectivity index is 2.07. The fourth-order valence-electron chi connectivity index (χ4n) is 3.37. The molecule has 1 aliphatic rings. The third kappa shape index (κ3) is 3.07. The van der Waals surface area contributed by atoms with Crippen LogP contribution in [0, 0.1) is 5.82 Å². The molecule has 0 fully saturated rings. The number of carbonyl (C=O) groups excluding carboxylic acids is 1. The summed E-state index contributed by atoms with van der Waals surface area (Å²) in [6.07, 6.45) is 0.204. The molecule has 1 heterocycles. The van der Waals surface area contributed by atoms with E-state index in [1.165, 1.54) is 29.2 Å². The van der Waals surface area contributed by atoms with Crippen molar-refractivity contribution in [1.82, 2.24) is 0 Å². The molecular weight excluding hydrogens is 325 g/mol. The zero-order valence-electron chi connectivity index (χ0n) is 14.0. The highest BCUT2D eigenvalue weighted by molar-refractivity contribution is 6.08. The van der Waals surface area contributed by atoms with Crippen molar-refractivity contribution in [3.63, 3.8) is 0 Å². The fraction of sp³-hybridized carbons (Fsp3) is 0.263. The first-order chi connectivity index (χ1) is 11.8. The van der Waals surface area contributed by atoms with Crippen LogP contribution in [0.4, 0.5) is 10.1 Å². The maximum Gasteiger partial charge on any atom is 0.305 e. The van der Waals surface area contributed by atoms with Crippen LogP contribution in [0.25, 0.3) is 0 Å². The van der Waals surface area contributed by atoms with Gasteiger partial charge in [-0.15, -0.1) is 0 Å². The molecular formula is C19H18FNO4. The van der Waals surface area contributed by atoms with Gasteiger partial charge in [-0.05, 0) is 61.4 Å². The van der Waals surface area contributed by atoms with E-state index in [-0.39, 0.29) is 12.3 Å². The second-order valence-electron chi connectivity index (χ2n) is 6.39. The molecule has 0 aliphatic carbocycles. The summed E-state index contributed by atoms with van der Waals surface area (Å²) in [5.74, 6) is -1.13. The van der Waals surface area contributed by atoms with E-state index >= 15 is 0 Å². The van der Waals surface area contributed by atoms with Crippen molar-refractivity contribution in [3.05, 3.63) is 59.4 Å². The lowest BCUT2D eigenvalue weighted by molar-refractivity contribution is -0.138. The number of carbonyl (C=O) groups is 2. The van der Waals surface area contributed by atoms with E-state index in [0.717, 1.165) is 5.56 Å². The number of rotatable bonds is 4. The smallest absolute Gasteiger partial charge is 0.305 e. The number of carboxylic acid groups (broad SMARTS) is 1. The molecule has 0 saturated heterocycles. The minimum Gasteiger partial charge on any atom is -0.497 e. The maximum absolute atomic E-state index is 13.2. The van der Waals surface area contributed by atoms with E-state index in [0.29, 0.717) is 23.4 Å². The van der Waals surface area contributed by atoms with Gasteiger partial charge in [0.15, 0.2) is 0 Å². The summed E-state index contributed by atoms with van der Waals surface area (Å²) in [6.45, 7) is 1.75. The number of benzene rings is 2. The highest BCUT2D eigenvalue weighted by Gasteiger charge is 2.45. The van der Waals surface area contributed by atoms with Crippen molar-refractivity contribution >= 4 is 17.6 Å². The average Bonchev–Trinajstić information content (AvgIpc) is 2.84. The summed E-state index contributed by atoms with van der Waals surface area (Å²) in [6, 6.07) is 10.5. The molecule has 6 heteroatoms. The van der Waals surface area contributed by atoms with E-state index in [1.54, 1.807) is 26.2 Å². The first-order valence-corrected chi connectivity index (χ1v) is 7.83. The van der Waals surface area contributed by atoms with Crippen molar-refractivity contribution < 1.29 is 23.8 Å². The van der Waals surface area contributed by atoms with E-state index < -0.39 is 17.3 Å². The number of amides is 1. The normalized spacial score (nSPS) is 18.8. The average molecular weight is 343 g/mol. The van der Waals surface area contributed by atoms with Crippen molar-refractivity contribution in [1.29, 1.82) is 0 Å². The van der Waals surface area contributed by atoms with Gasteiger partial charge in [0.25, 0.3) is 5.91 Å². The molecule has 1 unspecified atom stereocenters. The molecule has 0 bridgehead atoms. The van der Waals surface area contributed by atoms with Crippen LogP contribution in [-0.4, -0.2) is 29.6 Å². The predicted octanol–water partition coefficient (Wildman–Crippen LogP) is 3.27. The molecule has 1 atom stereocenters. The van der Waals surface area contributed by atoms with E-state index in [1.807, 2.05) is 6.07 Å². The van der Waals surface area contributed by atoms with Gasteiger partial charge in [-0.3, -0.25) is 9.59 Å². The molecule has 0 aromatic heterocycles. The third-order valence-electron chi connectivity index (χ3n) is 4.47. The summed E-state index contributed by atoms with van der Waals surface area (Å²) in [5, 5.41) is 9.31. The van der Waals surface area contributed by atoms with Gasteiger partial charge in [-0.25, -0.2) is 4.39 Å². The summed E-state index contributed by atoms with van der Waals surface area (Å²) in [7, 11) is 1.55. The largest absolute Gasteiger partial charge is 0.497 e. The number of aliphatic carboxylic acids is 1. The van der Waals surface area contributed by atoms with Crippen LogP contribution in [-0.2, 0) is 11.2 Å². The second kappa shape index (κ2) is 6.20. The van der Waals surface area contributed by atoms with Gasteiger partial charge in [-0.2, -0.15) is 0 Å². The zero-order valence-corrected chi connectivity index (χ0v) is 14.0. The molecule has 2 aromatic rings. The Kier molecular flexibility index (Phi) is 4.20. The second-order valence-corrected chi connectivity index (χ2v) is 6.39. The highest BCUT2D eigenvalue weighted by atomic mass is 19.1. The summed E-state index contributed by atoms with van der Waals surface area (Å²) in [5.41, 5.74) is 0.894. The fourth-order valence-corrected chi connectivity index (χ4v) is 3.37. The van der Waals surface area contributed by atoms with Gasteiger partial charge in [0, 0.05) is 11.3 Å². The summed E-state index contributed by atoms with van der Waals surface area (Å²) in [4.78, 5) is 25.9. The molecule has 130 valence electrons. The van der Waals surface area contributed by atoms with Gasteiger partial charge >= 0.3 is 5.97 Å². The molecule has 3 rings (SSSR count). The van der Waals surface area contributed by atoms with Crippen LogP contribution in [0.5, 0.6) is 5.75 Å². The quantitative estimate of drug-likeness (QED) is 0.925. The van der Waals surface area contributed by atoms with Crippen molar-refractivity contribution in [2.24, 2.45) is 0 Å². The van der Waals surface area contributed by atoms with Gasteiger partial charge in [-0.1, -0.05) is 0 Å². The standard InChI is InChI=1S/C19H18FNO4/c1-19(11-17(22)23)10-13-9-15(25-2)7-8-16(13)21(19)18(24)12-3-5-14(20)6-4-12/h3-9H,10-11H2,1-2H3,(H,22,23). The lowest BCUT2D eigenvalue weighted by atomic mass is 9.92. The molecule has 1 amide bonds. The molecule has 0 saturated carbocycles. The van der Waals surface area contributed by atoms with Gasteiger partial charge in [0.1, 0.15) is 11.6 Å². The maximum atomic E-state index is 13.2. The molecule has 25 heavy (non-hydrogen) atoms. The number of hydrogen-bond acceptors (Lipinski definition) is 3. The first kappa shape index (κ1) is 17.0. The molecule has 0 radical (unpaired) electrons. The number of nitrogens with zero attached hydrogens (tertiary/aromatic N) is 1. The van der Waals surface area contributed by atoms with Crippen LogP contribution in [0.2, 0.25) is 0 Å². The lowest BCUT2D eigenvalue weighted by Gasteiger charge is -2.34. The van der Waals surface area contributed by atoms with Crippen molar-refractivity contribution in [2.45, 2.75) is 25.3 Å². The number of ether oxygens (including phenoxy) is 1. The first-order valence-electron chi connectivity index (χ1n) is 7.83. The summed E-state index contributed by atoms with van der Waals surface area (Å²) < 4.78 is 18.4. The lowest BCUT2D eigenvalue weighted by Crippen LogP contribution is -2.49. The molecule has 5 nitrogen and oxygen atoms in total. The topological polar surface area (TPSA) is 66.8 Å². The highest BCUT2D eigenvalue weighted by Crippen LogP contribution is 2.43. The predicted molar refractivity (Wildman–Crippen MR) is 90.6 cm³/mol. The van der Waals surface area contributed by atoms with Gasteiger partial charge < -0.3 is 14.7 Å². The monoisotopic (exact) mass is 343 g/mol. The van der Waals surface area contributed by atoms with Crippen LogP contribution in [0.1, 0.15) is 29.3 Å². The Morgan fingerprint density at radius 1 is 1.24 bits per heavy atom. The Morgan fingerprint density at radius 3 is 2.52 bits per heavy atom. The van der Waals surface area contributed by atoms with Crippen LogP contribution < -0.4 is 9.64 Å². The van der Waals surface area contributed by atoms with Crippen LogP contribution >= 0.6 is 0 Å². The minimum absolute atomic E-state index is 0.197. The minimum atomic E-state index is -0.987. The van der Waals surface area contributed by atoms with Gasteiger partial charge in [0.2, 0.25) is 0 Å². The molecule has 0 spiro atoms. The number of hydrogen-bond donors (Lipinski definition) is 1. The van der Waals surface area contributed by atoms with Gasteiger partial charge in [0.05, 0.1) is 19.1 Å². The third-order valence-corrected chi connectivity index (χ3v) is 4.47. The van der Waals surface area contributed by atoms with Crippen molar-refractivity contribution in [2.75, 3.05) is 12.0 Å². The van der Waals surface area contributed by atoms with E-state index in [9.17, 15) is 19.1 Å². The number of anilines is 1. The molecule has 1 N–H and O–H groups in total. The Bertz CT molecular complexity index is 834. The van der Waals surface area contributed by atoms with Crippen molar-refractivity contribution in [3.8, 4) is 5.75 Å². The molecule has 2 aromatic carbocycles. The number of halogens is 1. The molecule has 1 aliphatic heterocycles. The number of fused-ring (bicyclic) bond motifs is 1.